The second-order valence-corrected chi connectivity index (χ2v) is 6.18. The van der Waals surface area contributed by atoms with Crippen LogP contribution in [0.2, 0.25) is 0 Å². The van der Waals surface area contributed by atoms with Gasteiger partial charge in [0, 0.05) is 12.6 Å². The van der Waals surface area contributed by atoms with Crippen molar-refractivity contribution in [3.8, 4) is 0 Å². The van der Waals surface area contributed by atoms with Gasteiger partial charge < -0.3 is 21.3 Å². The average molecular weight is 333 g/mol. The van der Waals surface area contributed by atoms with Crippen molar-refractivity contribution >= 4 is 24.3 Å². The summed E-state index contributed by atoms with van der Waals surface area (Å²) in [7, 11) is 0. The first kappa shape index (κ1) is 19.0. The molecular weight excluding hydrogens is 304 g/mol. The smallest absolute Gasteiger partial charge is 0.315 e. The van der Waals surface area contributed by atoms with Crippen molar-refractivity contribution < 1.29 is 9.59 Å². The monoisotopic (exact) mass is 332 g/mol. The topological polar surface area (TPSA) is 82.3 Å². The Balaban J connectivity index is 0.00000242. The molecule has 4 N–H and O–H groups in total. The summed E-state index contributed by atoms with van der Waals surface area (Å²) in [6.07, 6.45) is 8.05. The molecule has 1 saturated carbocycles. The van der Waals surface area contributed by atoms with E-state index in [-0.39, 0.29) is 36.9 Å². The lowest BCUT2D eigenvalue weighted by Crippen LogP contribution is -2.47. The zero-order chi connectivity index (χ0) is 14.9. The van der Waals surface area contributed by atoms with E-state index in [1.54, 1.807) is 0 Å². The first-order chi connectivity index (χ1) is 10.2. The van der Waals surface area contributed by atoms with Crippen molar-refractivity contribution in [3.63, 3.8) is 0 Å². The van der Waals surface area contributed by atoms with Crippen LogP contribution in [0.25, 0.3) is 0 Å². The molecule has 0 spiro atoms. The van der Waals surface area contributed by atoms with E-state index in [2.05, 4.69) is 21.3 Å². The van der Waals surface area contributed by atoms with Gasteiger partial charge in [0.2, 0.25) is 5.91 Å². The summed E-state index contributed by atoms with van der Waals surface area (Å²) in [5.74, 6) is 0.401. The van der Waals surface area contributed by atoms with Crippen molar-refractivity contribution in [2.24, 2.45) is 5.92 Å². The molecule has 3 amide bonds. The van der Waals surface area contributed by atoms with Gasteiger partial charge in [-0.25, -0.2) is 4.79 Å². The molecule has 22 heavy (non-hydrogen) atoms. The molecule has 2 rings (SSSR count). The standard InChI is InChI=1S/C15H28N4O2.ClH/c20-14(17-10-12-5-4-8-16-9-12)11-18-15(21)19-13-6-2-1-3-7-13;/h12-13,16H,1-11H2,(H,17,20)(H2,18,19,21);1H. The summed E-state index contributed by atoms with van der Waals surface area (Å²) < 4.78 is 0. The maximum absolute atomic E-state index is 11.7. The Morgan fingerprint density at radius 3 is 2.45 bits per heavy atom. The summed E-state index contributed by atoms with van der Waals surface area (Å²) >= 11 is 0. The molecule has 0 bridgehead atoms. The third-order valence-corrected chi connectivity index (χ3v) is 4.34. The molecule has 1 aliphatic carbocycles. The van der Waals surface area contributed by atoms with Gasteiger partial charge in [0.15, 0.2) is 0 Å². The number of carbonyl (C=O) groups excluding carboxylic acids is 2. The van der Waals surface area contributed by atoms with Crippen LogP contribution in [0.1, 0.15) is 44.9 Å². The highest BCUT2D eigenvalue weighted by molar-refractivity contribution is 5.85. The number of hydrogen-bond acceptors (Lipinski definition) is 3. The molecule has 0 aromatic heterocycles. The number of amides is 3. The first-order valence-corrected chi connectivity index (χ1v) is 8.26. The Kier molecular flexibility index (Phi) is 9.24. The van der Waals surface area contributed by atoms with Crippen molar-refractivity contribution in [1.82, 2.24) is 21.3 Å². The van der Waals surface area contributed by atoms with Gasteiger partial charge in [0.05, 0.1) is 6.54 Å². The second-order valence-electron chi connectivity index (χ2n) is 6.18. The van der Waals surface area contributed by atoms with Crippen LogP contribution in [0.15, 0.2) is 0 Å². The molecule has 1 unspecified atom stereocenters. The summed E-state index contributed by atoms with van der Waals surface area (Å²) in [5, 5.41) is 11.8. The van der Waals surface area contributed by atoms with Gasteiger partial charge in [-0.2, -0.15) is 0 Å². The van der Waals surface area contributed by atoms with E-state index in [9.17, 15) is 9.59 Å². The molecule has 1 saturated heterocycles. The first-order valence-electron chi connectivity index (χ1n) is 8.26. The average Bonchev–Trinajstić information content (AvgIpc) is 2.53. The van der Waals surface area contributed by atoms with E-state index < -0.39 is 0 Å². The normalized spacial score (nSPS) is 22.3. The predicted molar refractivity (Wildman–Crippen MR) is 89.3 cm³/mol. The van der Waals surface area contributed by atoms with E-state index in [0.717, 1.165) is 32.4 Å². The Morgan fingerprint density at radius 1 is 1.00 bits per heavy atom. The minimum Gasteiger partial charge on any atom is -0.354 e. The van der Waals surface area contributed by atoms with E-state index in [0.29, 0.717) is 12.5 Å². The quantitative estimate of drug-likeness (QED) is 0.609. The number of piperidine rings is 1. The molecule has 6 nitrogen and oxygen atoms in total. The van der Waals surface area contributed by atoms with Gasteiger partial charge >= 0.3 is 6.03 Å². The van der Waals surface area contributed by atoms with Gasteiger partial charge in [-0.05, 0) is 44.7 Å². The Bertz CT molecular complexity index is 342. The highest BCUT2D eigenvalue weighted by Crippen LogP contribution is 2.17. The number of urea groups is 1. The molecular formula is C15H29ClN4O2. The van der Waals surface area contributed by atoms with Gasteiger partial charge in [-0.15, -0.1) is 12.4 Å². The van der Waals surface area contributed by atoms with Crippen LogP contribution in [0.5, 0.6) is 0 Å². The summed E-state index contributed by atoms with van der Waals surface area (Å²) in [6, 6.07) is 0.0477. The van der Waals surface area contributed by atoms with Crippen LogP contribution in [0, 0.1) is 5.92 Å². The molecule has 1 atom stereocenters. The third-order valence-electron chi connectivity index (χ3n) is 4.34. The fourth-order valence-electron chi connectivity index (χ4n) is 3.06. The maximum Gasteiger partial charge on any atom is 0.315 e. The number of nitrogens with one attached hydrogen (secondary N) is 4. The van der Waals surface area contributed by atoms with Gasteiger partial charge in [-0.1, -0.05) is 19.3 Å². The molecule has 0 radical (unpaired) electrons. The maximum atomic E-state index is 11.7. The van der Waals surface area contributed by atoms with Crippen molar-refractivity contribution in [1.29, 1.82) is 0 Å². The van der Waals surface area contributed by atoms with Gasteiger partial charge in [-0.3, -0.25) is 4.79 Å². The van der Waals surface area contributed by atoms with E-state index in [4.69, 9.17) is 0 Å². The highest BCUT2D eigenvalue weighted by Gasteiger charge is 2.16. The number of carbonyl (C=O) groups is 2. The van der Waals surface area contributed by atoms with Crippen LogP contribution in [0.4, 0.5) is 4.79 Å². The molecule has 0 aromatic rings. The SMILES string of the molecule is Cl.O=C(CNC(=O)NC1CCCCC1)NCC1CCCNC1. The lowest BCUT2D eigenvalue weighted by Gasteiger charge is -2.23. The molecule has 1 aliphatic heterocycles. The zero-order valence-electron chi connectivity index (χ0n) is 13.2. The number of rotatable bonds is 5. The summed E-state index contributed by atoms with van der Waals surface area (Å²) in [5.41, 5.74) is 0. The summed E-state index contributed by atoms with van der Waals surface area (Å²) in [6.45, 7) is 2.79. The highest BCUT2D eigenvalue weighted by atomic mass is 35.5. The fraction of sp³-hybridized carbons (Fsp3) is 0.867. The van der Waals surface area contributed by atoms with Crippen molar-refractivity contribution in [2.75, 3.05) is 26.2 Å². The summed E-state index contributed by atoms with van der Waals surface area (Å²) in [4.78, 5) is 23.4. The predicted octanol–water partition coefficient (Wildman–Crippen LogP) is 1.16. The fourth-order valence-corrected chi connectivity index (χ4v) is 3.06. The molecule has 1 heterocycles. The number of hydrogen-bond donors (Lipinski definition) is 4. The van der Waals surface area contributed by atoms with E-state index in [1.807, 2.05) is 0 Å². The van der Waals surface area contributed by atoms with Crippen LogP contribution in [-0.4, -0.2) is 44.2 Å². The minimum atomic E-state index is -0.226. The Labute approximate surface area is 139 Å². The van der Waals surface area contributed by atoms with Crippen LogP contribution in [-0.2, 0) is 4.79 Å². The van der Waals surface area contributed by atoms with Crippen molar-refractivity contribution in [3.05, 3.63) is 0 Å². The van der Waals surface area contributed by atoms with Crippen LogP contribution >= 0.6 is 12.4 Å². The van der Waals surface area contributed by atoms with E-state index in [1.165, 1.54) is 25.7 Å². The molecule has 0 aromatic carbocycles. The van der Waals surface area contributed by atoms with Gasteiger partial charge in [0.25, 0.3) is 0 Å². The lowest BCUT2D eigenvalue weighted by molar-refractivity contribution is -0.120. The lowest BCUT2D eigenvalue weighted by atomic mass is 9.96. The Morgan fingerprint density at radius 2 is 1.77 bits per heavy atom. The molecule has 7 heteroatoms. The molecule has 2 aliphatic rings. The van der Waals surface area contributed by atoms with Crippen molar-refractivity contribution in [2.45, 2.75) is 51.0 Å². The second kappa shape index (κ2) is 10.7. The van der Waals surface area contributed by atoms with Gasteiger partial charge in [0.1, 0.15) is 0 Å². The minimum absolute atomic E-state index is 0. The molecule has 128 valence electrons. The molecule has 2 fully saturated rings. The van der Waals surface area contributed by atoms with Crippen LogP contribution in [0.3, 0.4) is 0 Å². The van der Waals surface area contributed by atoms with E-state index >= 15 is 0 Å². The third kappa shape index (κ3) is 7.31. The van der Waals surface area contributed by atoms with Crippen LogP contribution < -0.4 is 21.3 Å². The zero-order valence-corrected chi connectivity index (χ0v) is 14.0. The Hall–Kier alpha value is -1.01. The largest absolute Gasteiger partial charge is 0.354 e. The number of halogens is 1.